The minimum absolute atomic E-state index is 0.123. The number of carbonyl (C=O) groups is 1. The Bertz CT molecular complexity index is 470. The molecule has 1 aliphatic rings. The highest BCUT2D eigenvalue weighted by molar-refractivity contribution is 6.01. The molecule has 2 rings (SSSR count). The van der Waals surface area contributed by atoms with E-state index in [1.165, 1.54) is 0 Å². The maximum Gasteiger partial charge on any atom is 0.259 e. The van der Waals surface area contributed by atoms with Gasteiger partial charge < -0.3 is 20.1 Å². The van der Waals surface area contributed by atoms with E-state index in [9.17, 15) is 4.79 Å². The first kappa shape index (κ1) is 14.7. The van der Waals surface area contributed by atoms with Crippen molar-refractivity contribution in [1.29, 1.82) is 0 Å². The molecule has 110 valence electrons. The van der Waals surface area contributed by atoms with Crippen LogP contribution in [-0.2, 0) is 4.74 Å². The summed E-state index contributed by atoms with van der Waals surface area (Å²) >= 11 is 0. The molecule has 0 aliphatic carbocycles. The minimum atomic E-state index is -0.123. The fraction of sp³-hybridized carbons (Fsp3) is 0.533. The molecule has 5 heteroatoms. The van der Waals surface area contributed by atoms with Crippen molar-refractivity contribution < 1.29 is 14.3 Å². The van der Waals surface area contributed by atoms with Crippen LogP contribution in [0.4, 0.5) is 5.69 Å². The molecule has 1 aromatic carbocycles. The van der Waals surface area contributed by atoms with Crippen molar-refractivity contribution in [3.8, 4) is 5.75 Å². The van der Waals surface area contributed by atoms with Crippen LogP contribution in [0.5, 0.6) is 5.75 Å². The predicted molar refractivity (Wildman–Crippen MR) is 78.0 cm³/mol. The molecule has 20 heavy (non-hydrogen) atoms. The van der Waals surface area contributed by atoms with Crippen LogP contribution in [0.1, 0.15) is 30.1 Å². The summed E-state index contributed by atoms with van der Waals surface area (Å²) in [4.78, 5) is 14.2. The van der Waals surface area contributed by atoms with Crippen molar-refractivity contribution in [1.82, 2.24) is 4.90 Å². The van der Waals surface area contributed by atoms with E-state index in [0.717, 1.165) is 19.4 Å². The lowest BCUT2D eigenvalue weighted by Gasteiger charge is -2.22. The maximum atomic E-state index is 12.6. The second kappa shape index (κ2) is 6.61. The molecule has 0 aromatic heterocycles. The number of anilines is 1. The number of hydrogen-bond acceptors (Lipinski definition) is 4. The summed E-state index contributed by atoms with van der Waals surface area (Å²) in [5, 5.41) is 0. The molecule has 1 atom stereocenters. The molecule has 1 aliphatic heterocycles. The number of ether oxygens (including phenoxy) is 2. The quantitative estimate of drug-likeness (QED) is 0.836. The summed E-state index contributed by atoms with van der Waals surface area (Å²) in [6, 6.07) is 5.28. The van der Waals surface area contributed by atoms with Gasteiger partial charge in [-0.15, -0.1) is 0 Å². The molecule has 0 radical (unpaired) electrons. The highest BCUT2D eigenvalue weighted by Crippen LogP contribution is 2.26. The average Bonchev–Trinajstić information content (AvgIpc) is 2.91. The van der Waals surface area contributed by atoms with Gasteiger partial charge in [0.15, 0.2) is 0 Å². The van der Waals surface area contributed by atoms with Crippen LogP contribution < -0.4 is 10.5 Å². The summed E-state index contributed by atoms with van der Waals surface area (Å²) in [5.41, 5.74) is 6.82. The average molecular weight is 278 g/mol. The molecule has 1 saturated heterocycles. The highest BCUT2D eigenvalue weighted by Gasteiger charge is 2.24. The summed E-state index contributed by atoms with van der Waals surface area (Å²) in [5.74, 6) is 0.416. The number of nitrogen functional groups attached to an aromatic ring is 1. The summed E-state index contributed by atoms with van der Waals surface area (Å²) in [6.07, 6.45) is 2.19. The third-order valence-corrected chi connectivity index (χ3v) is 3.42. The predicted octanol–water partition coefficient (Wildman–Crippen LogP) is 1.92. The number of nitrogens with zero attached hydrogens (tertiary/aromatic N) is 1. The summed E-state index contributed by atoms with van der Waals surface area (Å²) < 4.78 is 11.1. The standard InChI is InChI=1S/C15H22N2O3/c1-3-19-13-8-4-7-12(16)14(13)15(18)17(2)10-11-6-5-9-20-11/h4,7-8,11H,3,5-6,9-10,16H2,1-2H3. The molecule has 1 heterocycles. The largest absolute Gasteiger partial charge is 0.493 e. The Kier molecular flexibility index (Phi) is 4.84. The molecule has 2 N–H and O–H groups in total. The van der Waals surface area contributed by atoms with Gasteiger partial charge in [0.1, 0.15) is 11.3 Å². The molecule has 1 fully saturated rings. The van der Waals surface area contributed by atoms with E-state index in [1.54, 1.807) is 30.1 Å². The third kappa shape index (κ3) is 3.22. The van der Waals surface area contributed by atoms with Crippen molar-refractivity contribution in [2.45, 2.75) is 25.9 Å². The molecule has 0 bridgehead atoms. The summed E-state index contributed by atoms with van der Waals surface area (Å²) in [7, 11) is 1.77. The van der Waals surface area contributed by atoms with Crippen molar-refractivity contribution >= 4 is 11.6 Å². The van der Waals surface area contributed by atoms with Gasteiger partial charge in [-0.2, -0.15) is 0 Å². The molecule has 1 amide bonds. The van der Waals surface area contributed by atoms with Gasteiger partial charge in [0.25, 0.3) is 5.91 Å². The molecule has 1 aromatic rings. The molecular weight excluding hydrogens is 256 g/mol. The molecule has 5 nitrogen and oxygen atoms in total. The Balaban J connectivity index is 2.14. The van der Waals surface area contributed by atoms with Gasteiger partial charge in [0.05, 0.1) is 12.7 Å². The number of likely N-dealkylation sites (N-methyl/N-ethyl adjacent to an activating group) is 1. The van der Waals surface area contributed by atoms with Gasteiger partial charge in [-0.25, -0.2) is 0 Å². The van der Waals surface area contributed by atoms with Crippen molar-refractivity contribution in [3.63, 3.8) is 0 Å². The van der Waals surface area contributed by atoms with Gasteiger partial charge in [-0.05, 0) is 31.9 Å². The zero-order valence-electron chi connectivity index (χ0n) is 12.1. The molecule has 1 unspecified atom stereocenters. The van der Waals surface area contributed by atoms with Crippen LogP contribution in [0.15, 0.2) is 18.2 Å². The normalized spacial score (nSPS) is 18.0. The first-order chi connectivity index (χ1) is 9.63. The number of rotatable bonds is 5. The summed E-state index contributed by atoms with van der Waals surface area (Å²) in [6.45, 7) is 3.75. The van der Waals surface area contributed by atoms with E-state index >= 15 is 0 Å². The van der Waals surface area contributed by atoms with Crippen LogP contribution in [0, 0.1) is 0 Å². The monoisotopic (exact) mass is 278 g/mol. The van der Waals surface area contributed by atoms with E-state index in [1.807, 2.05) is 6.92 Å². The number of hydrogen-bond donors (Lipinski definition) is 1. The number of benzene rings is 1. The van der Waals surface area contributed by atoms with Crippen LogP contribution in [0.2, 0.25) is 0 Å². The van der Waals surface area contributed by atoms with Crippen molar-refractivity contribution in [2.24, 2.45) is 0 Å². The third-order valence-electron chi connectivity index (χ3n) is 3.42. The van der Waals surface area contributed by atoms with E-state index < -0.39 is 0 Å². The Morgan fingerprint density at radius 2 is 2.35 bits per heavy atom. The fourth-order valence-corrected chi connectivity index (χ4v) is 2.42. The first-order valence-corrected chi connectivity index (χ1v) is 7.01. The van der Waals surface area contributed by atoms with Crippen LogP contribution in [0.25, 0.3) is 0 Å². The van der Waals surface area contributed by atoms with Crippen molar-refractivity contribution in [3.05, 3.63) is 23.8 Å². The number of nitrogens with two attached hydrogens (primary N) is 1. The maximum absolute atomic E-state index is 12.6. The van der Waals surface area contributed by atoms with Gasteiger partial charge in [0, 0.05) is 25.9 Å². The number of amides is 1. The highest BCUT2D eigenvalue weighted by atomic mass is 16.5. The molecule has 0 saturated carbocycles. The van der Waals surface area contributed by atoms with Gasteiger partial charge in [-0.3, -0.25) is 4.79 Å². The van der Waals surface area contributed by atoms with E-state index in [0.29, 0.717) is 30.2 Å². The SMILES string of the molecule is CCOc1cccc(N)c1C(=O)N(C)CC1CCCO1. The smallest absolute Gasteiger partial charge is 0.259 e. The number of carbonyl (C=O) groups excluding carboxylic acids is 1. The van der Waals surface area contributed by atoms with Gasteiger partial charge in [-0.1, -0.05) is 6.07 Å². The van der Waals surface area contributed by atoms with Gasteiger partial charge in [0.2, 0.25) is 0 Å². The minimum Gasteiger partial charge on any atom is -0.493 e. The zero-order valence-corrected chi connectivity index (χ0v) is 12.1. The van der Waals surface area contributed by atoms with Crippen LogP contribution in [0.3, 0.4) is 0 Å². The Morgan fingerprint density at radius 3 is 3.00 bits per heavy atom. The van der Waals surface area contributed by atoms with Crippen LogP contribution in [-0.4, -0.2) is 43.7 Å². The second-order valence-electron chi connectivity index (χ2n) is 4.97. The lowest BCUT2D eigenvalue weighted by Crippen LogP contribution is -2.34. The van der Waals surface area contributed by atoms with E-state index in [-0.39, 0.29) is 12.0 Å². The second-order valence-corrected chi connectivity index (χ2v) is 4.97. The molecule has 0 spiro atoms. The van der Waals surface area contributed by atoms with E-state index in [4.69, 9.17) is 15.2 Å². The Labute approximate surface area is 119 Å². The van der Waals surface area contributed by atoms with Crippen LogP contribution >= 0.6 is 0 Å². The zero-order chi connectivity index (χ0) is 14.5. The van der Waals surface area contributed by atoms with E-state index in [2.05, 4.69) is 0 Å². The fourth-order valence-electron chi connectivity index (χ4n) is 2.42. The van der Waals surface area contributed by atoms with Crippen molar-refractivity contribution in [2.75, 3.05) is 32.5 Å². The Hall–Kier alpha value is -1.75. The molecular formula is C15H22N2O3. The first-order valence-electron chi connectivity index (χ1n) is 7.01. The Morgan fingerprint density at radius 1 is 1.55 bits per heavy atom. The lowest BCUT2D eigenvalue weighted by atomic mass is 10.1. The van der Waals surface area contributed by atoms with Gasteiger partial charge >= 0.3 is 0 Å². The lowest BCUT2D eigenvalue weighted by molar-refractivity contribution is 0.0585. The topological polar surface area (TPSA) is 64.8 Å².